The zero-order chi connectivity index (χ0) is 37.4. The molecule has 0 radical (unpaired) electrons. The molecule has 1 atom stereocenters. The minimum absolute atomic E-state index is 0.442. The van der Waals surface area contributed by atoms with E-state index < -0.39 is 16.2 Å². The molecule has 0 nitrogen and oxygen atoms in total. The molecule has 0 heterocycles. The predicted molar refractivity (Wildman–Crippen MR) is 225 cm³/mol. The first-order valence-electron chi connectivity index (χ1n) is 19.0. The fraction of sp³-hybridized carbons (Fsp3) is 0.208. The largest absolute Gasteiger partial charge is 0.0622 e. The first kappa shape index (κ1) is 35.9. The standard InChI is InChI=1S/C53H52/c1-37-14-24-43(25-15-37)51(6,42-12-10-9-11-13-42)48-34-49(52(7,44-26-16-38(2)17-27-44)45-28-18-39(3)19-29-45)36-50(35-48)53(8,46-30-20-40(4)21-31-46)47-32-22-41(5)23-33-47/h9-36H,1-8H3. The summed E-state index contributed by atoms with van der Waals surface area (Å²) in [5.41, 5.74) is 16.4. The highest BCUT2D eigenvalue weighted by molar-refractivity contribution is 5.61. The van der Waals surface area contributed by atoms with Gasteiger partial charge >= 0.3 is 0 Å². The fourth-order valence-corrected chi connectivity index (χ4v) is 8.20. The van der Waals surface area contributed by atoms with Crippen molar-refractivity contribution in [1.82, 2.24) is 0 Å². The molecule has 53 heavy (non-hydrogen) atoms. The lowest BCUT2D eigenvalue weighted by Gasteiger charge is -2.39. The van der Waals surface area contributed by atoms with E-state index in [0.717, 1.165) is 0 Å². The Balaban J connectivity index is 1.63. The van der Waals surface area contributed by atoms with Gasteiger partial charge in [-0.05, 0) is 105 Å². The Morgan fingerprint density at radius 2 is 0.415 bits per heavy atom. The van der Waals surface area contributed by atoms with Gasteiger partial charge in [-0.2, -0.15) is 0 Å². The van der Waals surface area contributed by atoms with Crippen LogP contribution >= 0.6 is 0 Å². The van der Waals surface area contributed by atoms with E-state index in [0.29, 0.717) is 0 Å². The van der Waals surface area contributed by atoms with Crippen LogP contribution in [-0.4, -0.2) is 0 Å². The maximum absolute atomic E-state index is 2.52. The maximum atomic E-state index is 2.52. The van der Waals surface area contributed by atoms with E-state index in [1.807, 2.05) is 0 Å². The SMILES string of the molecule is Cc1ccc(C(C)(c2ccccc2)c2cc(C(C)(c3ccc(C)cc3)c3ccc(C)cc3)cc(C(C)(c3ccc(C)cc3)c3ccc(C)cc3)c2)cc1. The van der Waals surface area contributed by atoms with E-state index in [4.69, 9.17) is 0 Å². The van der Waals surface area contributed by atoms with Gasteiger partial charge in [0.05, 0.1) is 0 Å². The van der Waals surface area contributed by atoms with Crippen molar-refractivity contribution in [2.45, 2.75) is 71.6 Å². The van der Waals surface area contributed by atoms with Crippen LogP contribution in [0.1, 0.15) is 98.7 Å². The summed E-state index contributed by atoms with van der Waals surface area (Å²) in [5.74, 6) is 0. The van der Waals surface area contributed by atoms with E-state index in [-0.39, 0.29) is 0 Å². The molecule has 0 saturated heterocycles. The van der Waals surface area contributed by atoms with Gasteiger partial charge in [-0.15, -0.1) is 0 Å². The Labute approximate surface area is 318 Å². The van der Waals surface area contributed by atoms with Crippen molar-refractivity contribution in [1.29, 1.82) is 0 Å². The van der Waals surface area contributed by atoms with Crippen molar-refractivity contribution in [2.75, 3.05) is 0 Å². The Kier molecular flexibility index (Phi) is 9.60. The second-order valence-electron chi connectivity index (χ2n) is 15.9. The van der Waals surface area contributed by atoms with Gasteiger partial charge < -0.3 is 0 Å². The quantitative estimate of drug-likeness (QED) is 0.132. The molecule has 0 aromatic heterocycles. The van der Waals surface area contributed by atoms with Crippen molar-refractivity contribution in [2.24, 2.45) is 0 Å². The van der Waals surface area contributed by atoms with Gasteiger partial charge in [0.1, 0.15) is 0 Å². The third kappa shape index (κ3) is 6.57. The molecule has 0 saturated carbocycles. The van der Waals surface area contributed by atoms with Gasteiger partial charge in [-0.1, -0.05) is 198 Å². The van der Waals surface area contributed by atoms with Crippen molar-refractivity contribution < 1.29 is 0 Å². The molecule has 0 aliphatic carbocycles. The molecule has 0 amide bonds. The number of hydrogen-bond donors (Lipinski definition) is 0. The zero-order valence-electron chi connectivity index (χ0n) is 32.7. The highest BCUT2D eigenvalue weighted by atomic mass is 14.4. The molecule has 7 aromatic rings. The van der Waals surface area contributed by atoms with E-state index in [1.54, 1.807) is 0 Å². The summed E-state index contributed by atoms with van der Waals surface area (Å²) in [6, 6.07) is 64.5. The first-order valence-corrected chi connectivity index (χ1v) is 19.0. The fourth-order valence-electron chi connectivity index (χ4n) is 8.20. The summed E-state index contributed by atoms with van der Waals surface area (Å²) in [5, 5.41) is 0. The predicted octanol–water partition coefficient (Wildman–Crippen LogP) is 13.3. The topological polar surface area (TPSA) is 0 Å². The smallest absolute Gasteiger partial charge is 0.0423 e. The normalized spacial score (nSPS) is 13.1. The zero-order valence-corrected chi connectivity index (χ0v) is 32.7. The van der Waals surface area contributed by atoms with Crippen molar-refractivity contribution in [3.05, 3.63) is 248 Å². The summed E-state index contributed by atoms with van der Waals surface area (Å²) in [6.07, 6.45) is 0. The van der Waals surface area contributed by atoms with Crippen LogP contribution in [0.3, 0.4) is 0 Å². The van der Waals surface area contributed by atoms with Gasteiger partial charge in [0.2, 0.25) is 0 Å². The Morgan fingerprint density at radius 1 is 0.226 bits per heavy atom. The Hall–Kier alpha value is -5.46. The van der Waals surface area contributed by atoms with E-state index in [1.165, 1.54) is 77.9 Å². The van der Waals surface area contributed by atoms with Crippen LogP contribution in [0, 0.1) is 34.6 Å². The number of benzene rings is 7. The minimum Gasteiger partial charge on any atom is -0.0622 e. The molecular weight excluding hydrogens is 637 g/mol. The Bertz CT molecular complexity index is 2100. The second kappa shape index (κ2) is 14.2. The first-order chi connectivity index (χ1) is 25.4. The summed E-state index contributed by atoms with van der Waals surface area (Å²) >= 11 is 0. The molecule has 0 spiro atoms. The summed E-state index contributed by atoms with van der Waals surface area (Å²) < 4.78 is 0. The molecule has 7 rings (SSSR count). The lowest BCUT2D eigenvalue weighted by molar-refractivity contribution is 0.643. The van der Waals surface area contributed by atoms with Crippen LogP contribution in [0.15, 0.2) is 170 Å². The van der Waals surface area contributed by atoms with Gasteiger partial charge in [0.25, 0.3) is 0 Å². The van der Waals surface area contributed by atoms with Crippen LogP contribution < -0.4 is 0 Å². The van der Waals surface area contributed by atoms with Crippen LogP contribution in [0.4, 0.5) is 0 Å². The summed E-state index contributed by atoms with van der Waals surface area (Å²) in [4.78, 5) is 0. The van der Waals surface area contributed by atoms with Gasteiger partial charge in [-0.3, -0.25) is 0 Å². The van der Waals surface area contributed by atoms with Crippen molar-refractivity contribution in [3.8, 4) is 0 Å². The third-order valence-electron chi connectivity index (χ3n) is 12.2. The number of hydrogen-bond acceptors (Lipinski definition) is 0. The molecule has 7 aromatic carbocycles. The van der Waals surface area contributed by atoms with E-state index >= 15 is 0 Å². The minimum atomic E-state index is -0.446. The maximum Gasteiger partial charge on any atom is 0.0423 e. The number of rotatable bonds is 9. The third-order valence-corrected chi connectivity index (χ3v) is 12.2. The molecule has 0 aliphatic rings. The molecule has 0 N–H and O–H groups in total. The molecule has 1 unspecified atom stereocenters. The lowest BCUT2D eigenvalue weighted by Crippen LogP contribution is -2.32. The van der Waals surface area contributed by atoms with Crippen LogP contribution in [0.5, 0.6) is 0 Å². The second-order valence-corrected chi connectivity index (χ2v) is 15.9. The molecule has 0 aliphatic heterocycles. The molecule has 0 heteroatoms. The van der Waals surface area contributed by atoms with Crippen LogP contribution in [0.2, 0.25) is 0 Å². The summed E-state index contributed by atoms with van der Waals surface area (Å²) in [7, 11) is 0. The Morgan fingerprint density at radius 3 is 0.623 bits per heavy atom. The highest BCUT2D eigenvalue weighted by Crippen LogP contribution is 2.48. The monoisotopic (exact) mass is 688 g/mol. The van der Waals surface area contributed by atoms with Crippen molar-refractivity contribution >= 4 is 0 Å². The molecular formula is C53H52. The van der Waals surface area contributed by atoms with Gasteiger partial charge in [0.15, 0.2) is 0 Å². The molecule has 264 valence electrons. The van der Waals surface area contributed by atoms with Crippen LogP contribution in [0.25, 0.3) is 0 Å². The average molecular weight is 689 g/mol. The lowest BCUT2D eigenvalue weighted by atomic mass is 9.63. The molecule has 0 bridgehead atoms. The van der Waals surface area contributed by atoms with E-state index in [2.05, 4.69) is 225 Å². The van der Waals surface area contributed by atoms with Crippen LogP contribution in [-0.2, 0) is 16.2 Å². The highest BCUT2D eigenvalue weighted by Gasteiger charge is 2.39. The van der Waals surface area contributed by atoms with Gasteiger partial charge in [0, 0.05) is 16.2 Å². The average Bonchev–Trinajstić information content (AvgIpc) is 3.18. The summed E-state index contributed by atoms with van der Waals surface area (Å²) in [6.45, 7) is 18.1. The number of aryl methyl sites for hydroxylation is 5. The van der Waals surface area contributed by atoms with E-state index in [9.17, 15) is 0 Å². The molecule has 0 fully saturated rings. The van der Waals surface area contributed by atoms with Crippen molar-refractivity contribution in [3.63, 3.8) is 0 Å². The van der Waals surface area contributed by atoms with Gasteiger partial charge in [-0.25, -0.2) is 0 Å².